The number of halogens is 1. The van der Waals surface area contributed by atoms with Crippen molar-refractivity contribution in [2.24, 2.45) is 0 Å². The third-order valence-corrected chi connectivity index (χ3v) is 5.62. The summed E-state index contributed by atoms with van der Waals surface area (Å²) in [5.41, 5.74) is 5.96. The van der Waals surface area contributed by atoms with Gasteiger partial charge in [0.05, 0.1) is 11.8 Å². The van der Waals surface area contributed by atoms with E-state index in [4.69, 9.17) is 22.1 Å². The molecule has 5 nitrogen and oxygen atoms in total. The van der Waals surface area contributed by atoms with Crippen LogP contribution in [0.4, 0.5) is 5.69 Å². The van der Waals surface area contributed by atoms with Crippen molar-refractivity contribution in [2.45, 2.75) is 30.8 Å². The second-order valence-electron chi connectivity index (χ2n) is 4.77. The van der Waals surface area contributed by atoms with Gasteiger partial charge >= 0.3 is 0 Å². The van der Waals surface area contributed by atoms with Gasteiger partial charge in [-0.2, -0.15) is 4.31 Å². The summed E-state index contributed by atoms with van der Waals surface area (Å²) in [4.78, 5) is 0.0988. The van der Waals surface area contributed by atoms with Crippen molar-refractivity contribution in [3.05, 3.63) is 23.2 Å². The number of sulfonamides is 1. The highest BCUT2D eigenvalue weighted by atomic mass is 35.5. The van der Waals surface area contributed by atoms with Crippen LogP contribution in [0.1, 0.15) is 19.8 Å². The lowest BCUT2D eigenvalue weighted by atomic mass is 10.2. The molecular weight excluding hydrogens is 300 g/mol. The Kier molecular flexibility index (Phi) is 4.90. The smallest absolute Gasteiger partial charge is 0.245 e. The van der Waals surface area contributed by atoms with Crippen LogP contribution in [0, 0.1) is 0 Å². The van der Waals surface area contributed by atoms with E-state index in [0.29, 0.717) is 24.7 Å². The summed E-state index contributed by atoms with van der Waals surface area (Å²) in [6.07, 6.45) is 1.84. The van der Waals surface area contributed by atoms with Gasteiger partial charge in [0.1, 0.15) is 4.90 Å². The maximum atomic E-state index is 12.6. The van der Waals surface area contributed by atoms with Gasteiger partial charge < -0.3 is 10.5 Å². The molecule has 112 valence electrons. The molecule has 1 unspecified atom stereocenters. The Bertz CT molecular complexity index is 571. The van der Waals surface area contributed by atoms with Crippen LogP contribution in [0.25, 0.3) is 0 Å². The number of rotatable bonds is 5. The molecule has 0 spiro atoms. The lowest BCUT2D eigenvalue weighted by molar-refractivity contribution is 0.0947. The van der Waals surface area contributed by atoms with Crippen molar-refractivity contribution >= 4 is 27.3 Å². The number of anilines is 1. The van der Waals surface area contributed by atoms with E-state index in [0.717, 1.165) is 12.8 Å². The van der Waals surface area contributed by atoms with E-state index in [1.807, 2.05) is 0 Å². The first-order valence-corrected chi connectivity index (χ1v) is 8.43. The van der Waals surface area contributed by atoms with Gasteiger partial charge in [-0.15, -0.1) is 0 Å². The summed E-state index contributed by atoms with van der Waals surface area (Å²) in [5.74, 6) is 0. The Morgan fingerprint density at radius 2 is 2.25 bits per heavy atom. The van der Waals surface area contributed by atoms with Crippen molar-refractivity contribution in [1.29, 1.82) is 0 Å². The number of hydrogen-bond acceptors (Lipinski definition) is 4. The molecule has 1 aliphatic heterocycles. The largest absolute Gasteiger partial charge is 0.398 e. The van der Waals surface area contributed by atoms with E-state index in [-0.39, 0.29) is 16.7 Å². The summed E-state index contributed by atoms with van der Waals surface area (Å²) in [6.45, 7) is 3.25. The molecule has 0 aliphatic carbocycles. The van der Waals surface area contributed by atoms with E-state index < -0.39 is 10.0 Å². The molecule has 1 aromatic rings. The van der Waals surface area contributed by atoms with Crippen LogP contribution in [0.3, 0.4) is 0 Å². The summed E-state index contributed by atoms with van der Waals surface area (Å²) < 4.78 is 32.2. The van der Waals surface area contributed by atoms with E-state index in [9.17, 15) is 8.42 Å². The fourth-order valence-electron chi connectivity index (χ4n) is 2.31. The molecule has 1 fully saturated rings. The average molecular weight is 319 g/mol. The third-order valence-electron chi connectivity index (χ3n) is 3.37. The zero-order chi connectivity index (χ0) is 14.8. The van der Waals surface area contributed by atoms with Crippen LogP contribution in [0.5, 0.6) is 0 Å². The van der Waals surface area contributed by atoms with Crippen LogP contribution in [-0.2, 0) is 14.8 Å². The lowest BCUT2D eigenvalue weighted by Crippen LogP contribution is -2.37. The second kappa shape index (κ2) is 6.30. The van der Waals surface area contributed by atoms with Crippen molar-refractivity contribution in [3.63, 3.8) is 0 Å². The topological polar surface area (TPSA) is 72.6 Å². The number of hydrogen-bond donors (Lipinski definition) is 1. The molecule has 0 bridgehead atoms. The lowest BCUT2D eigenvalue weighted by Gasteiger charge is -2.24. The summed E-state index contributed by atoms with van der Waals surface area (Å²) in [6, 6.07) is 4.43. The van der Waals surface area contributed by atoms with Gasteiger partial charge in [0, 0.05) is 24.7 Å². The zero-order valence-electron chi connectivity index (χ0n) is 11.4. The molecule has 0 saturated carbocycles. The van der Waals surface area contributed by atoms with Crippen LogP contribution < -0.4 is 5.73 Å². The first-order chi connectivity index (χ1) is 9.45. The fourth-order valence-corrected chi connectivity index (χ4v) is 4.06. The Morgan fingerprint density at radius 3 is 2.80 bits per heavy atom. The zero-order valence-corrected chi connectivity index (χ0v) is 13.0. The molecule has 1 aromatic carbocycles. The number of ether oxygens (including phenoxy) is 1. The molecule has 1 saturated heterocycles. The molecule has 7 heteroatoms. The molecular formula is C13H19ClN2O3S. The summed E-state index contributed by atoms with van der Waals surface area (Å²) in [7, 11) is -3.62. The molecule has 2 N–H and O–H groups in total. The van der Waals surface area contributed by atoms with Gasteiger partial charge in [-0.05, 0) is 31.0 Å². The van der Waals surface area contributed by atoms with E-state index >= 15 is 0 Å². The van der Waals surface area contributed by atoms with Crippen molar-refractivity contribution in [1.82, 2.24) is 4.31 Å². The Balaban J connectivity index is 2.26. The van der Waals surface area contributed by atoms with E-state index in [1.54, 1.807) is 6.92 Å². The quantitative estimate of drug-likeness (QED) is 0.844. The minimum Gasteiger partial charge on any atom is -0.398 e. The first kappa shape index (κ1) is 15.6. The third kappa shape index (κ3) is 3.25. The molecule has 1 aliphatic rings. The molecule has 1 atom stereocenters. The molecule has 1 heterocycles. The Labute approximate surface area is 124 Å². The SMILES string of the molecule is CCN(CC1CCCO1)S(=O)(=O)c1ccc(Cl)cc1N. The maximum Gasteiger partial charge on any atom is 0.245 e. The minimum absolute atomic E-state index is 0.0294. The Hall–Kier alpha value is -0.820. The van der Waals surface area contributed by atoms with Crippen molar-refractivity contribution < 1.29 is 13.2 Å². The minimum atomic E-state index is -3.62. The van der Waals surface area contributed by atoms with Crippen LogP contribution >= 0.6 is 11.6 Å². The summed E-state index contributed by atoms with van der Waals surface area (Å²) in [5, 5.41) is 0.420. The number of benzene rings is 1. The van der Waals surface area contributed by atoms with E-state index in [1.165, 1.54) is 22.5 Å². The predicted octanol–water partition coefficient (Wildman–Crippen LogP) is 2.11. The molecule has 0 amide bonds. The maximum absolute atomic E-state index is 12.6. The number of nitrogens with zero attached hydrogens (tertiary/aromatic N) is 1. The molecule has 0 radical (unpaired) electrons. The van der Waals surface area contributed by atoms with Gasteiger partial charge in [0.15, 0.2) is 0 Å². The highest BCUT2D eigenvalue weighted by Crippen LogP contribution is 2.26. The van der Waals surface area contributed by atoms with Gasteiger partial charge in [-0.25, -0.2) is 8.42 Å². The standard InChI is InChI=1S/C13H19ClN2O3S/c1-2-16(9-11-4-3-7-19-11)20(17,18)13-6-5-10(14)8-12(13)15/h5-6,8,11H,2-4,7,9,15H2,1H3. The van der Waals surface area contributed by atoms with Gasteiger partial charge in [0.2, 0.25) is 10.0 Å². The fraction of sp³-hybridized carbons (Fsp3) is 0.538. The first-order valence-electron chi connectivity index (χ1n) is 6.62. The van der Waals surface area contributed by atoms with Gasteiger partial charge in [0.25, 0.3) is 0 Å². The summed E-state index contributed by atoms with van der Waals surface area (Å²) >= 11 is 5.81. The Morgan fingerprint density at radius 1 is 1.50 bits per heavy atom. The van der Waals surface area contributed by atoms with Gasteiger partial charge in [-0.3, -0.25) is 0 Å². The normalized spacial score (nSPS) is 19.6. The number of nitrogens with two attached hydrogens (primary N) is 1. The highest BCUT2D eigenvalue weighted by Gasteiger charge is 2.29. The highest BCUT2D eigenvalue weighted by molar-refractivity contribution is 7.89. The molecule has 2 rings (SSSR count). The van der Waals surface area contributed by atoms with Crippen LogP contribution in [0.2, 0.25) is 5.02 Å². The predicted molar refractivity (Wildman–Crippen MR) is 79.3 cm³/mol. The number of nitrogen functional groups attached to an aromatic ring is 1. The van der Waals surface area contributed by atoms with Crippen LogP contribution in [0.15, 0.2) is 23.1 Å². The van der Waals surface area contributed by atoms with E-state index in [2.05, 4.69) is 0 Å². The second-order valence-corrected chi connectivity index (χ2v) is 7.12. The van der Waals surface area contributed by atoms with Crippen molar-refractivity contribution in [3.8, 4) is 0 Å². The average Bonchev–Trinajstić information content (AvgIpc) is 2.88. The van der Waals surface area contributed by atoms with Crippen molar-refractivity contribution in [2.75, 3.05) is 25.4 Å². The molecule has 20 heavy (non-hydrogen) atoms. The molecule has 0 aromatic heterocycles. The van der Waals surface area contributed by atoms with Crippen LogP contribution in [-0.4, -0.2) is 38.5 Å². The number of likely N-dealkylation sites (N-methyl/N-ethyl adjacent to an activating group) is 1. The monoisotopic (exact) mass is 318 g/mol. The van der Waals surface area contributed by atoms with Gasteiger partial charge in [-0.1, -0.05) is 18.5 Å².